The van der Waals surface area contributed by atoms with E-state index in [1.54, 1.807) is 24.3 Å². The van der Waals surface area contributed by atoms with Gasteiger partial charge in [0.2, 0.25) is 5.95 Å². The maximum atomic E-state index is 12.6. The highest BCUT2D eigenvalue weighted by Gasteiger charge is 2.20. The zero-order chi connectivity index (χ0) is 25.7. The van der Waals surface area contributed by atoms with Crippen molar-refractivity contribution in [1.82, 2.24) is 19.1 Å². The van der Waals surface area contributed by atoms with Gasteiger partial charge in [-0.05, 0) is 51.8 Å². The van der Waals surface area contributed by atoms with Crippen LogP contribution in [0.3, 0.4) is 0 Å². The van der Waals surface area contributed by atoms with Gasteiger partial charge < -0.3 is 14.4 Å². The number of imidazole rings is 1. The maximum Gasteiger partial charge on any atom is 0.329 e. The smallest absolute Gasteiger partial charge is 0.329 e. The first-order valence-electron chi connectivity index (χ1n) is 10.8. The molecule has 0 amide bonds. The number of rotatable bonds is 9. The van der Waals surface area contributed by atoms with Crippen molar-refractivity contribution >= 4 is 56.9 Å². The van der Waals surface area contributed by atoms with Gasteiger partial charge in [0.25, 0.3) is 5.56 Å². The second-order valence-corrected chi connectivity index (χ2v) is 9.12. The molecule has 1 atom stereocenters. The van der Waals surface area contributed by atoms with Crippen LogP contribution in [0.25, 0.3) is 17.2 Å². The molecule has 3 N–H and O–H groups in total. The van der Waals surface area contributed by atoms with Crippen LogP contribution >= 0.6 is 27.5 Å². The molecule has 36 heavy (non-hydrogen) atoms. The number of aliphatic hydroxyl groups is 1. The fourth-order valence-corrected chi connectivity index (χ4v) is 3.87. The van der Waals surface area contributed by atoms with E-state index in [4.69, 9.17) is 16.3 Å². The topological polar surface area (TPSA) is 127 Å². The Morgan fingerprint density at radius 1 is 1.25 bits per heavy atom. The summed E-state index contributed by atoms with van der Waals surface area (Å²) < 4.78 is 8.97. The molecule has 2 heterocycles. The predicted octanol–water partition coefficient (Wildman–Crippen LogP) is 3.35. The first-order valence-corrected chi connectivity index (χ1v) is 12.0. The highest BCUT2D eigenvalue weighted by molar-refractivity contribution is 9.12. The van der Waals surface area contributed by atoms with Crippen molar-refractivity contribution in [3.05, 3.63) is 90.5 Å². The first-order chi connectivity index (χ1) is 17.3. The number of hydrogen-bond acceptors (Lipinski definition) is 7. The first kappa shape index (κ1) is 25.4. The van der Waals surface area contributed by atoms with Crippen molar-refractivity contribution in [2.24, 2.45) is 12.1 Å². The lowest BCUT2D eigenvalue weighted by atomic mass is 10.2. The number of hydrazone groups is 1. The molecule has 0 saturated heterocycles. The van der Waals surface area contributed by atoms with Crippen molar-refractivity contribution in [3.63, 3.8) is 0 Å². The molecule has 10 nitrogen and oxygen atoms in total. The minimum Gasteiger partial charge on any atom is -0.491 e. The van der Waals surface area contributed by atoms with Crippen LogP contribution in [-0.2, 0) is 13.6 Å². The standard InChI is InChI=1S/C24H22BrClN6O4/c1-31-21-20(22(34)29-24(31)35)32(13-18(33)14-36-19-9-7-17(26)8-10-19)23(28-21)30-27-12-16(25)11-15-5-3-2-4-6-15/h2-12,18,33H,13-14H2,1H3,(H,28,30)(H,29,34,35)/b16-11-,27-12-/t18-/m1/s1. The summed E-state index contributed by atoms with van der Waals surface area (Å²) in [5, 5.41) is 15.4. The van der Waals surface area contributed by atoms with E-state index in [0.29, 0.717) is 15.3 Å². The lowest BCUT2D eigenvalue weighted by Gasteiger charge is -2.15. The number of nitrogens with zero attached hydrogens (tertiary/aromatic N) is 4. The Morgan fingerprint density at radius 2 is 1.97 bits per heavy atom. The molecule has 0 aliphatic rings. The van der Waals surface area contributed by atoms with Crippen LogP contribution in [-0.4, -0.2) is 43.1 Å². The number of aryl methyl sites for hydroxylation is 1. The summed E-state index contributed by atoms with van der Waals surface area (Å²) in [5.74, 6) is 0.700. The Hall–Kier alpha value is -3.67. The van der Waals surface area contributed by atoms with E-state index in [9.17, 15) is 14.7 Å². The molecule has 0 radical (unpaired) electrons. The zero-order valence-corrected chi connectivity index (χ0v) is 21.4. The molecule has 0 spiro atoms. The summed E-state index contributed by atoms with van der Waals surface area (Å²) in [5.41, 5.74) is 2.79. The van der Waals surface area contributed by atoms with Crippen LogP contribution in [0.5, 0.6) is 5.75 Å². The molecule has 4 aromatic rings. The van der Waals surface area contributed by atoms with Crippen molar-refractivity contribution in [2.45, 2.75) is 12.6 Å². The quantitative estimate of drug-likeness (QED) is 0.208. The van der Waals surface area contributed by atoms with Gasteiger partial charge in [0.1, 0.15) is 18.5 Å². The number of halogens is 2. The number of ether oxygens (including phenoxy) is 1. The summed E-state index contributed by atoms with van der Waals surface area (Å²) in [6.07, 6.45) is 2.39. The van der Waals surface area contributed by atoms with E-state index in [2.05, 4.69) is 36.4 Å². The molecule has 2 aromatic heterocycles. The predicted molar refractivity (Wildman–Crippen MR) is 144 cm³/mol. The Kier molecular flexibility index (Phi) is 8.04. The maximum absolute atomic E-state index is 12.6. The minimum atomic E-state index is -1.01. The average Bonchev–Trinajstić information content (AvgIpc) is 3.21. The Labute approximate surface area is 218 Å². The normalized spacial score (nSPS) is 12.8. The number of anilines is 1. The number of hydrogen-bond donors (Lipinski definition) is 3. The number of aromatic amines is 1. The van der Waals surface area contributed by atoms with Crippen LogP contribution in [0.2, 0.25) is 5.02 Å². The van der Waals surface area contributed by atoms with E-state index in [1.165, 1.54) is 22.4 Å². The van der Waals surface area contributed by atoms with E-state index in [0.717, 1.165) is 5.56 Å². The molecule has 0 aliphatic heterocycles. The van der Waals surface area contributed by atoms with Crippen molar-refractivity contribution < 1.29 is 9.84 Å². The largest absolute Gasteiger partial charge is 0.491 e. The van der Waals surface area contributed by atoms with E-state index < -0.39 is 17.4 Å². The van der Waals surface area contributed by atoms with Crippen molar-refractivity contribution in [2.75, 3.05) is 12.0 Å². The number of benzene rings is 2. The van der Waals surface area contributed by atoms with Gasteiger partial charge in [0.15, 0.2) is 11.2 Å². The van der Waals surface area contributed by atoms with Gasteiger partial charge in [0, 0.05) is 16.6 Å². The molecular formula is C24H22BrClN6O4. The summed E-state index contributed by atoms with van der Waals surface area (Å²) in [4.78, 5) is 31.3. The summed E-state index contributed by atoms with van der Waals surface area (Å²) in [6, 6.07) is 16.4. The van der Waals surface area contributed by atoms with Gasteiger partial charge in [-0.15, -0.1) is 0 Å². The highest BCUT2D eigenvalue weighted by Crippen LogP contribution is 2.18. The lowest BCUT2D eigenvalue weighted by Crippen LogP contribution is -2.30. The van der Waals surface area contributed by atoms with Crippen molar-refractivity contribution in [3.8, 4) is 5.75 Å². The van der Waals surface area contributed by atoms with Gasteiger partial charge >= 0.3 is 5.69 Å². The van der Waals surface area contributed by atoms with Gasteiger partial charge in [-0.2, -0.15) is 10.1 Å². The molecule has 0 bridgehead atoms. The van der Waals surface area contributed by atoms with Crippen LogP contribution in [0, 0.1) is 0 Å². The van der Waals surface area contributed by atoms with Crippen LogP contribution in [0.15, 0.2) is 73.8 Å². The molecular weight excluding hydrogens is 552 g/mol. The minimum absolute atomic E-state index is 0.0513. The lowest BCUT2D eigenvalue weighted by molar-refractivity contribution is 0.0938. The Morgan fingerprint density at radius 3 is 2.69 bits per heavy atom. The summed E-state index contributed by atoms with van der Waals surface area (Å²) in [7, 11) is 1.49. The molecule has 0 fully saturated rings. The molecule has 0 aliphatic carbocycles. The summed E-state index contributed by atoms with van der Waals surface area (Å²) >= 11 is 9.33. The van der Waals surface area contributed by atoms with E-state index >= 15 is 0 Å². The number of nitrogens with one attached hydrogen (secondary N) is 2. The van der Waals surface area contributed by atoms with Crippen LogP contribution < -0.4 is 21.4 Å². The number of allylic oxidation sites excluding steroid dienone is 1. The Bertz CT molecular complexity index is 1530. The van der Waals surface area contributed by atoms with Crippen molar-refractivity contribution in [1.29, 1.82) is 0 Å². The number of H-pyrrole nitrogens is 1. The monoisotopic (exact) mass is 572 g/mol. The Balaban J connectivity index is 1.58. The van der Waals surface area contributed by atoms with E-state index in [-0.39, 0.29) is 30.3 Å². The molecule has 4 rings (SSSR count). The third-order valence-electron chi connectivity index (χ3n) is 5.11. The van der Waals surface area contributed by atoms with Gasteiger partial charge in [-0.3, -0.25) is 14.3 Å². The zero-order valence-electron chi connectivity index (χ0n) is 19.1. The fourth-order valence-electron chi connectivity index (χ4n) is 3.38. The molecule has 12 heteroatoms. The molecule has 0 saturated carbocycles. The number of aromatic nitrogens is 4. The number of fused-ring (bicyclic) bond motifs is 1. The second kappa shape index (κ2) is 11.4. The third kappa shape index (κ3) is 6.11. The van der Waals surface area contributed by atoms with Gasteiger partial charge in [-0.25, -0.2) is 10.2 Å². The van der Waals surface area contributed by atoms with Crippen LogP contribution in [0.4, 0.5) is 5.95 Å². The fraction of sp³-hybridized carbons (Fsp3) is 0.167. The molecule has 186 valence electrons. The third-order valence-corrected chi connectivity index (χ3v) is 5.80. The SMILES string of the molecule is Cn1c(=O)[nH]c(=O)c2c1nc(N/N=C\C(Br)=C\c1ccccc1)n2C[C@@H](O)COc1ccc(Cl)cc1. The van der Waals surface area contributed by atoms with E-state index in [1.807, 2.05) is 36.4 Å². The summed E-state index contributed by atoms with van der Waals surface area (Å²) in [6.45, 7) is -0.108. The highest BCUT2D eigenvalue weighted by atomic mass is 79.9. The van der Waals surface area contributed by atoms with Gasteiger partial charge in [0.05, 0.1) is 12.8 Å². The molecule has 0 unspecified atom stereocenters. The van der Waals surface area contributed by atoms with Gasteiger partial charge in [-0.1, -0.05) is 41.9 Å². The van der Waals surface area contributed by atoms with Crippen LogP contribution in [0.1, 0.15) is 5.56 Å². The average molecular weight is 574 g/mol. The number of aliphatic hydroxyl groups excluding tert-OH is 1. The molecule has 2 aromatic carbocycles. The second-order valence-electron chi connectivity index (χ2n) is 7.77.